The third kappa shape index (κ3) is 2.63. The number of esters is 1. The van der Waals surface area contributed by atoms with E-state index < -0.39 is 0 Å². The van der Waals surface area contributed by atoms with Crippen LogP contribution in [-0.4, -0.2) is 24.3 Å². The van der Waals surface area contributed by atoms with Crippen molar-refractivity contribution in [3.8, 4) is 0 Å². The minimum Gasteiger partial charge on any atom is -0.459 e. The first-order valence-electron chi connectivity index (χ1n) is 6.98. The highest BCUT2D eigenvalue weighted by molar-refractivity contribution is 6.33. The maximum Gasteiger partial charge on any atom is 0.339 e. The zero-order chi connectivity index (χ0) is 14.2. The Balaban J connectivity index is 1.66. The van der Waals surface area contributed by atoms with E-state index in [0.717, 1.165) is 25.7 Å². The fraction of sp³-hybridized carbons (Fsp3) is 0.533. The van der Waals surface area contributed by atoms with Crippen molar-refractivity contribution in [1.29, 1.82) is 0 Å². The van der Waals surface area contributed by atoms with Crippen molar-refractivity contribution in [2.45, 2.75) is 43.8 Å². The first kappa shape index (κ1) is 13.7. The molecule has 2 aliphatic rings. The number of carbonyl (C=O) groups is 1. The van der Waals surface area contributed by atoms with E-state index in [1.165, 1.54) is 6.42 Å². The molecule has 1 aliphatic carbocycles. The van der Waals surface area contributed by atoms with Crippen LogP contribution in [0.4, 0.5) is 5.69 Å². The highest BCUT2D eigenvalue weighted by atomic mass is 35.5. The highest BCUT2D eigenvalue weighted by Gasteiger charge is 2.43. The predicted molar refractivity (Wildman–Crippen MR) is 76.8 cm³/mol. The van der Waals surface area contributed by atoms with Gasteiger partial charge in [-0.3, -0.25) is 0 Å². The number of nitrogens with two attached hydrogens (primary N) is 1. The van der Waals surface area contributed by atoms with Crippen molar-refractivity contribution in [2.75, 3.05) is 12.3 Å². The Morgan fingerprint density at radius 3 is 2.90 bits per heavy atom. The van der Waals surface area contributed by atoms with Crippen LogP contribution >= 0.6 is 11.6 Å². The Morgan fingerprint density at radius 2 is 2.25 bits per heavy atom. The molecule has 3 rings (SSSR count). The van der Waals surface area contributed by atoms with E-state index in [-0.39, 0.29) is 17.7 Å². The number of benzene rings is 1. The number of nitrogen functional groups attached to an aromatic ring is 1. The predicted octanol–water partition coefficient (Wildman–Crippen LogP) is 3.18. The summed E-state index contributed by atoms with van der Waals surface area (Å²) in [5.74, 6) is -0.378. The normalized spacial score (nSPS) is 24.1. The minimum atomic E-state index is -0.378. The maximum atomic E-state index is 12.2. The molecule has 1 saturated carbocycles. The summed E-state index contributed by atoms with van der Waals surface area (Å²) in [6.45, 7) is 0.660. The third-order valence-electron chi connectivity index (χ3n) is 4.20. The number of ether oxygens (including phenoxy) is 2. The molecule has 1 heterocycles. The van der Waals surface area contributed by atoms with Gasteiger partial charge < -0.3 is 15.2 Å². The summed E-state index contributed by atoms with van der Waals surface area (Å²) in [5, 5.41) is 0.334. The standard InChI is InChI=1S/C15H18ClNO3/c16-13-8-10(17)2-3-12(13)14(18)20-11-4-7-19-15(9-11)5-1-6-15/h2-3,8,11H,1,4-7,9,17H2. The molecule has 0 radical (unpaired) electrons. The van der Waals surface area contributed by atoms with E-state index in [1.54, 1.807) is 18.2 Å². The molecule has 1 unspecified atom stereocenters. The van der Waals surface area contributed by atoms with Gasteiger partial charge in [0.25, 0.3) is 0 Å². The van der Waals surface area contributed by atoms with Crippen LogP contribution in [0.3, 0.4) is 0 Å². The lowest BCUT2D eigenvalue weighted by molar-refractivity contribution is -0.159. The van der Waals surface area contributed by atoms with E-state index in [2.05, 4.69) is 0 Å². The fourth-order valence-electron chi connectivity index (χ4n) is 2.91. The van der Waals surface area contributed by atoms with Gasteiger partial charge >= 0.3 is 5.97 Å². The van der Waals surface area contributed by atoms with E-state index in [1.807, 2.05) is 0 Å². The van der Waals surface area contributed by atoms with Crippen LogP contribution in [-0.2, 0) is 9.47 Å². The molecule has 4 nitrogen and oxygen atoms in total. The van der Waals surface area contributed by atoms with Crippen molar-refractivity contribution in [3.63, 3.8) is 0 Å². The molecule has 1 aliphatic heterocycles. The van der Waals surface area contributed by atoms with Gasteiger partial charge in [0.05, 0.1) is 22.8 Å². The fourth-order valence-corrected chi connectivity index (χ4v) is 3.18. The van der Waals surface area contributed by atoms with Crippen molar-refractivity contribution < 1.29 is 14.3 Å². The number of halogens is 1. The quantitative estimate of drug-likeness (QED) is 0.672. The summed E-state index contributed by atoms with van der Waals surface area (Å²) < 4.78 is 11.4. The number of anilines is 1. The smallest absolute Gasteiger partial charge is 0.339 e. The van der Waals surface area contributed by atoms with Crippen LogP contribution in [0.25, 0.3) is 0 Å². The van der Waals surface area contributed by atoms with Crippen molar-refractivity contribution in [2.24, 2.45) is 0 Å². The zero-order valence-corrected chi connectivity index (χ0v) is 12.0. The average Bonchev–Trinajstić information content (AvgIpc) is 2.37. The van der Waals surface area contributed by atoms with Crippen LogP contribution in [0.2, 0.25) is 5.02 Å². The molecular weight excluding hydrogens is 278 g/mol. The highest BCUT2D eigenvalue weighted by Crippen LogP contribution is 2.43. The Morgan fingerprint density at radius 1 is 1.45 bits per heavy atom. The summed E-state index contributed by atoms with van der Waals surface area (Å²) >= 11 is 6.03. The van der Waals surface area contributed by atoms with E-state index in [9.17, 15) is 4.79 Å². The first-order chi connectivity index (χ1) is 9.58. The molecule has 1 atom stereocenters. The second-order valence-corrected chi connectivity index (χ2v) is 6.05. The second-order valence-electron chi connectivity index (χ2n) is 5.64. The minimum absolute atomic E-state index is 0.0336. The molecule has 2 fully saturated rings. The van der Waals surface area contributed by atoms with Crippen LogP contribution in [0.1, 0.15) is 42.5 Å². The molecular formula is C15H18ClNO3. The largest absolute Gasteiger partial charge is 0.459 e. The third-order valence-corrected chi connectivity index (χ3v) is 4.51. The SMILES string of the molecule is Nc1ccc(C(=O)OC2CCOC3(CCC3)C2)c(Cl)c1. The molecule has 0 amide bonds. The van der Waals surface area contributed by atoms with Gasteiger partial charge in [-0.2, -0.15) is 0 Å². The molecule has 2 N–H and O–H groups in total. The number of rotatable bonds is 2. The summed E-state index contributed by atoms with van der Waals surface area (Å²) in [6, 6.07) is 4.83. The molecule has 108 valence electrons. The van der Waals surface area contributed by atoms with Gasteiger partial charge in [-0.1, -0.05) is 11.6 Å². The topological polar surface area (TPSA) is 61.6 Å². The zero-order valence-electron chi connectivity index (χ0n) is 11.2. The summed E-state index contributed by atoms with van der Waals surface area (Å²) in [4.78, 5) is 12.2. The molecule has 1 aromatic rings. The van der Waals surface area contributed by atoms with Gasteiger partial charge in [0.1, 0.15) is 6.10 Å². The Kier molecular flexibility index (Phi) is 3.61. The van der Waals surface area contributed by atoms with Gasteiger partial charge in [0.2, 0.25) is 0 Å². The van der Waals surface area contributed by atoms with Gasteiger partial charge in [-0.25, -0.2) is 4.79 Å². The lowest BCUT2D eigenvalue weighted by atomic mass is 9.74. The van der Waals surface area contributed by atoms with E-state index in [4.69, 9.17) is 26.8 Å². The average molecular weight is 296 g/mol. The molecule has 0 aromatic heterocycles. The van der Waals surface area contributed by atoms with Crippen LogP contribution in [0.15, 0.2) is 18.2 Å². The summed E-state index contributed by atoms with van der Waals surface area (Å²) in [7, 11) is 0. The van der Waals surface area contributed by atoms with Gasteiger partial charge in [0.15, 0.2) is 0 Å². The number of hydrogen-bond acceptors (Lipinski definition) is 4. The number of hydrogen-bond donors (Lipinski definition) is 1. The molecule has 5 heteroatoms. The maximum absolute atomic E-state index is 12.2. The molecule has 1 saturated heterocycles. The Labute approximate surface area is 123 Å². The van der Waals surface area contributed by atoms with E-state index >= 15 is 0 Å². The second kappa shape index (κ2) is 5.26. The number of carbonyl (C=O) groups excluding carboxylic acids is 1. The van der Waals surface area contributed by atoms with E-state index in [0.29, 0.717) is 22.9 Å². The lowest BCUT2D eigenvalue weighted by Gasteiger charge is -2.46. The van der Waals surface area contributed by atoms with Crippen molar-refractivity contribution in [1.82, 2.24) is 0 Å². The van der Waals surface area contributed by atoms with Gasteiger partial charge in [0, 0.05) is 18.5 Å². The first-order valence-corrected chi connectivity index (χ1v) is 7.36. The molecule has 20 heavy (non-hydrogen) atoms. The lowest BCUT2D eigenvalue weighted by Crippen LogP contribution is -2.48. The van der Waals surface area contributed by atoms with Crippen LogP contribution in [0, 0.1) is 0 Å². The van der Waals surface area contributed by atoms with Crippen molar-refractivity contribution >= 4 is 23.3 Å². The van der Waals surface area contributed by atoms with Crippen molar-refractivity contribution in [3.05, 3.63) is 28.8 Å². The Bertz CT molecular complexity index is 528. The van der Waals surface area contributed by atoms with Gasteiger partial charge in [-0.15, -0.1) is 0 Å². The van der Waals surface area contributed by atoms with Gasteiger partial charge in [-0.05, 0) is 37.5 Å². The molecule has 1 aromatic carbocycles. The Hall–Kier alpha value is -1.26. The van der Waals surface area contributed by atoms with Crippen LogP contribution in [0.5, 0.6) is 0 Å². The van der Waals surface area contributed by atoms with Crippen LogP contribution < -0.4 is 5.73 Å². The molecule has 1 spiro atoms. The summed E-state index contributed by atoms with van der Waals surface area (Å²) in [5.41, 5.74) is 6.49. The monoisotopic (exact) mass is 295 g/mol. The molecule has 0 bridgehead atoms. The summed E-state index contributed by atoms with van der Waals surface area (Å²) in [6.07, 6.45) is 4.81.